The van der Waals surface area contributed by atoms with Gasteiger partial charge in [-0.1, -0.05) is 0 Å². The van der Waals surface area contributed by atoms with Gasteiger partial charge in [-0.2, -0.15) is 0 Å². The molecule has 2 heteroatoms. The van der Waals surface area contributed by atoms with Gasteiger partial charge in [-0.05, 0) is 61.4 Å². The van der Waals surface area contributed by atoms with Crippen molar-refractivity contribution in [3.05, 3.63) is 35.0 Å². The average molecular weight is 214 g/mol. The third kappa shape index (κ3) is 1.45. The highest BCUT2D eigenvalue weighted by molar-refractivity contribution is 5.85. The molecule has 3 N–H and O–H groups in total. The Labute approximate surface area is 95.8 Å². The molecule has 0 bridgehead atoms. The Morgan fingerprint density at radius 3 is 2.56 bits per heavy atom. The van der Waals surface area contributed by atoms with Crippen molar-refractivity contribution in [3.8, 4) is 0 Å². The Morgan fingerprint density at radius 1 is 1.19 bits per heavy atom. The maximum Gasteiger partial charge on any atom is 0.0460 e. The van der Waals surface area contributed by atoms with Gasteiger partial charge in [0, 0.05) is 23.1 Å². The van der Waals surface area contributed by atoms with E-state index in [0.717, 1.165) is 0 Å². The molecular formula is C14H18N2. The van der Waals surface area contributed by atoms with E-state index in [-0.39, 0.29) is 6.04 Å². The molecule has 1 aromatic heterocycles. The Bertz CT molecular complexity index is 523. The van der Waals surface area contributed by atoms with Crippen LogP contribution in [0.4, 0.5) is 0 Å². The first-order valence-electron chi connectivity index (χ1n) is 6.14. The van der Waals surface area contributed by atoms with Crippen molar-refractivity contribution in [1.29, 1.82) is 0 Å². The lowest BCUT2D eigenvalue weighted by molar-refractivity contribution is 0.687. The second kappa shape index (κ2) is 3.63. The molecule has 1 aliphatic rings. The molecular weight excluding hydrogens is 196 g/mol. The molecule has 1 atom stereocenters. The molecule has 1 heterocycles. The summed E-state index contributed by atoms with van der Waals surface area (Å²) in [7, 11) is 0. The molecule has 0 fully saturated rings. The van der Waals surface area contributed by atoms with E-state index in [1.807, 2.05) is 6.92 Å². The fourth-order valence-corrected chi connectivity index (χ4v) is 2.75. The molecule has 0 radical (unpaired) electrons. The molecule has 1 aromatic carbocycles. The second-order valence-corrected chi connectivity index (χ2v) is 4.91. The van der Waals surface area contributed by atoms with Crippen LogP contribution in [0, 0.1) is 0 Å². The Morgan fingerprint density at radius 2 is 1.88 bits per heavy atom. The summed E-state index contributed by atoms with van der Waals surface area (Å²) in [6.45, 7) is 2.04. The number of hydrogen-bond acceptors (Lipinski definition) is 1. The smallest absolute Gasteiger partial charge is 0.0460 e. The van der Waals surface area contributed by atoms with Crippen LogP contribution in [-0.2, 0) is 12.8 Å². The molecule has 2 nitrogen and oxygen atoms in total. The number of aryl methyl sites for hydroxylation is 2. The molecule has 0 saturated carbocycles. The van der Waals surface area contributed by atoms with Crippen molar-refractivity contribution < 1.29 is 0 Å². The molecule has 3 rings (SSSR count). The largest absolute Gasteiger partial charge is 0.361 e. The number of benzene rings is 1. The maximum absolute atomic E-state index is 5.98. The van der Waals surface area contributed by atoms with Crippen LogP contribution < -0.4 is 5.73 Å². The van der Waals surface area contributed by atoms with Crippen LogP contribution in [0.25, 0.3) is 10.9 Å². The van der Waals surface area contributed by atoms with Crippen molar-refractivity contribution in [1.82, 2.24) is 4.98 Å². The van der Waals surface area contributed by atoms with Gasteiger partial charge in [0.25, 0.3) is 0 Å². The molecule has 1 unspecified atom stereocenters. The normalized spacial score (nSPS) is 17.4. The monoisotopic (exact) mass is 214 g/mol. The number of rotatable bonds is 1. The molecule has 0 aliphatic heterocycles. The summed E-state index contributed by atoms with van der Waals surface area (Å²) in [5.74, 6) is 0. The molecule has 1 aliphatic carbocycles. The first-order chi connectivity index (χ1) is 7.75. The lowest BCUT2D eigenvalue weighted by atomic mass is 9.90. The maximum atomic E-state index is 5.98. The fraction of sp³-hybridized carbons (Fsp3) is 0.429. The van der Waals surface area contributed by atoms with Gasteiger partial charge < -0.3 is 10.7 Å². The summed E-state index contributed by atoms with van der Waals surface area (Å²) in [5, 5.41) is 1.32. The minimum absolute atomic E-state index is 0.107. The zero-order valence-electron chi connectivity index (χ0n) is 9.72. The van der Waals surface area contributed by atoms with Gasteiger partial charge in [0.1, 0.15) is 0 Å². The molecule has 0 saturated heterocycles. The van der Waals surface area contributed by atoms with Gasteiger partial charge in [0.15, 0.2) is 0 Å². The van der Waals surface area contributed by atoms with E-state index in [2.05, 4.69) is 23.3 Å². The Balaban J connectivity index is 2.22. The van der Waals surface area contributed by atoms with Crippen molar-refractivity contribution in [2.45, 2.75) is 38.6 Å². The molecule has 0 spiro atoms. The summed E-state index contributed by atoms with van der Waals surface area (Å²) >= 11 is 0. The van der Waals surface area contributed by atoms with Crippen LogP contribution in [0.15, 0.2) is 18.3 Å². The highest BCUT2D eigenvalue weighted by atomic mass is 14.7. The van der Waals surface area contributed by atoms with Gasteiger partial charge in [0.2, 0.25) is 0 Å². The zero-order valence-corrected chi connectivity index (χ0v) is 9.72. The molecule has 2 aromatic rings. The quantitative estimate of drug-likeness (QED) is 0.752. The predicted octanol–water partition coefficient (Wildman–Crippen LogP) is 3.07. The van der Waals surface area contributed by atoms with E-state index in [9.17, 15) is 0 Å². The van der Waals surface area contributed by atoms with Crippen molar-refractivity contribution in [3.63, 3.8) is 0 Å². The van der Waals surface area contributed by atoms with Gasteiger partial charge in [-0.15, -0.1) is 0 Å². The lowest BCUT2D eigenvalue weighted by Crippen LogP contribution is -2.05. The minimum Gasteiger partial charge on any atom is -0.361 e. The lowest BCUT2D eigenvalue weighted by Gasteiger charge is -2.16. The highest BCUT2D eigenvalue weighted by Gasteiger charge is 2.13. The zero-order chi connectivity index (χ0) is 11.1. The van der Waals surface area contributed by atoms with Crippen LogP contribution in [0.5, 0.6) is 0 Å². The van der Waals surface area contributed by atoms with Crippen molar-refractivity contribution in [2.24, 2.45) is 5.73 Å². The number of nitrogens with two attached hydrogens (primary N) is 1. The number of aromatic amines is 1. The number of aromatic nitrogens is 1. The number of nitrogens with one attached hydrogen (secondary N) is 1. The summed E-state index contributed by atoms with van der Waals surface area (Å²) in [6, 6.07) is 4.77. The van der Waals surface area contributed by atoms with Crippen LogP contribution in [0.3, 0.4) is 0 Å². The third-order valence-corrected chi connectivity index (χ3v) is 3.67. The number of hydrogen-bond donors (Lipinski definition) is 2. The molecule has 84 valence electrons. The van der Waals surface area contributed by atoms with Crippen LogP contribution in [-0.4, -0.2) is 4.98 Å². The van der Waals surface area contributed by atoms with Gasteiger partial charge in [-0.3, -0.25) is 0 Å². The van der Waals surface area contributed by atoms with E-state index in [1.54, 1.807) is 0 Å². The average Bonchev–Trinajstić information content (AvgIpc) is 2.68. The third-order valence-electron chi connectivity index (χ3n) is 3.67. The van der Waals surface area contributed by atoms with Gasteiger partial charge in [0.05, 0.1) is 0 Å². The summed E-state index contributed by atoms with van der Waals surface area (Å²) in [6.07, 6.45) is 7.18. The number of fused-ring (bicyclic) bond motifs is 2. The van der Waals surface area contributed by atoms with Crippen LogP contribution >= 0.6 is 0 Å². The van der Waals surface area contributed by atoms with Gasteiger partial charge in [-0.25, -0.2) is 0 Å². The minimum atomic E-state index is 0.107. The summed E-state index contributed by atoms with van der Waals surface area (Å²) in [5.41, 5.74) is 11.5. The summed E-state index contributed by atoms with van der Waals surface area (Å²) in [4.78, 5) is 3.34. The predicted molar refractivity (Wildman–Crippen MR) is 67.5 cm³/mol. The summed E-state index contributed by atoms with van der Waals surface area (Å²) < 4.78 is 0. The van der Waals surface area contributed by atoms with E-state index >= 15 is 0 Å². The van der Waals surface area contributed by atoms with E-state index in [0.29, 0.717) is 0 Å². The first-order valence-corrected chi connectivity index (χ1v) is 6.14. The molecule has 16 heavy (non-hydrogen) atoms. The van der Waals surface area contributed by atoms with E-state index < -0.39 is 0 Å². The topological polar surface area (TPSA) is 41.8 Å². The fourth-order valence-electron chi connectivity index (χ4n) is 2.75. The first kappa shape index (κ1) is 9.91. The second-order valence-electron chi connectivity index (χ2n) is 4.91. The number of H-pyrrole nitrogens is 1. The van der Waals surface area contributed by atoms with Crippen molar-refractivity contribution >= 4 is 10.9 Å². The standard InChI is InChI=1S/C14H18N2/c1-9(15)13-8-16-14-7-11-5-3-2-4-10(11)6-12(13)14/h6-9,16H,2-5,15H2,1H3. The van der Waals surface area contributed by atoms with Gasteiger partial charge >= 0.3 is 0 Å². The Hall–Kier alpha value is -1.28. The van der Waals surface area contributed by atoms with E-state index in [4.69, 9.17) is 5.73 Å². The van der Waals surface area contributed by atoms with Crippen molar-refractivity contribution in [2.75, 3.05) is 0 Å². The van der Waals surface area contributed by atoms with Crippen LogP contribution in [0.1, 0.15) is 42.5 Å². The van der Waals surface area contributed by atoms with E-state index in [1.165, 1.54) is 53.3 Å². The molecule has 0 amide bonds. The Kier molecular flexibility index (Phi) is 2.25. The highest BCUT2D eigenvalue weighted by Crippen LogP contribution is 2.29. The SMILES string of the molecule is CC(N)c1c[nH]c2cc3c(cc12)CCCC3. The van der Waals surface area contributed by atoms with Crippen LogP contribution in [0.2, 0.25) is 0 Å².